The van der Waals surface area contributed by atoms with E-state index in [1.807, 2.05) is 18.2 Å². The van der Waals surface area contributed by atoms with Gasteiger partial charge in [-0.1, -0.05) is 195 Å². The molecule has 1 spiro atoms. The van der Waals surface area contributed by atoms with Crippen LogP contribution >= 0.6 is 0 Å². The molecule has 0 radical (unpaired) electrons. The summed E-state index contributed by atoms with van der Waals surface area (Å²) < 4.78 is 0. The van der Waals surface area contributed by atoms with E-state index in [0.29, 0.717) is 17.5 Å². The van der Waals surface area contributed by atoms with E-state index in [-0.39, 0.29) is 5.92 Å². The fourth-order valence-corrected chi connectivity index (χ4v) is 9.76. The summed E-state index contributed by atoms with van der Waals surface area (Å²) in [7, 11) is 0. The standard InChI is InChI=1S/C55H39N3/c1-3-4-21-45-44-25-12-15-29-50(44)55(48-27-13-10-23-42(48)43-24-11-14-28-49(43)55)51(45)47-34-38-30-31-39(33-40(38)32-35(47)2)53-56-52(37-18-6-5-7-19-37)57-54(58-53)46-26-16-20-36-17-8-9-22-41(36)46/h3-35H,1-2H3/b4-3-,45-21+,51-47-. The lowest BCUT2D eigenvalue weighted by atomic mass is 9.67. The SMILES string of the molecule is C\C=C/C=C1/C(=C2\C=c3ccc(-c4nc(-c5ccccc5)nc(-c5cccc6ccccc56)n4)cc3=CC2C)C2(c3ccccc31)c1ccccc1-c1ccccc12. The molecule has 0 aliphatic heterocycles. The lowest BCUT2D eigenvalue weighted by molar-refractivity contribution is 0.770. The van der Waals surface area contributed by atoms with E-state index in [2.05, 4.69) is 190 Å². The Morgan fingerprint density at radius 3 is 1.84 bits per heavy atom. The van der Waals surface area contributed by atoms with Crippen molar-refractivity contribution in [3.8, 4) is 45.3 Å². The van der Waals surface area contributed by atoms with Crippen LogP contribution in [0.5, 0.6) is 0 Å². The topological polar surface area (TPSA) is 38.7 Å². The predicted molar refractivity (Wildman–Crippen MR) is 239 cm³/mol. The number of fused-ring (bicyclic) bond motifs is 9. The highest BCUT2D eigenvalue weighted by atomic mass is 15.0. The van der Waals surface area contributed by atoms with Crippen LogP contribution in [-0.4, -0.2) is 15.0 Å². The molecule has 0 N–H and O–H groups in total. The zero-order chi connectivity index (χ0) is 38.8. The minimum atomic E-state index is -0.445. The molecule has 0 saturated carbocycles. The number of nitrogens with zero attached hydrogens (tertiary/aromatic N) is 3. The van der Waals surface area contributed by atoms with Crippen molar-refractivity contribution in [2.45, 2.75) is 19.3 Å². The van der Waals surface area contributed by atoms with Gasteiger partial charge >= 0.3 is 0 Å². The molecule has 8 aromatic rings. The maximum absolute atomic E-state index is 5.18. The van der Waals surface area contributed by atoms with E-state index in [4.69, 9.17) is 15.0 Å². The average molecular weight is 742 g/mol. The summed E-state index contributed by atoms with van der Waals surface area (Å²) in [6.07, 6.45) is 11.5. The molecule has 3 aliphatic carbocycles. The van der Waals surface area contributed by atoms with Crippen LogP contribution in [0, 0.1) is 5.92 Å². The van der Waals surface area contributed by atoms with Gasteiger partial charge in [0.2, 0.25) is 0 Å². The van der Waals surface area contributed by atoms with Crippen LogP contribution in [0.4, 0.5) is 0 Å². The number of benzene rings is 7. The van der Waals surface area contributed by atoms with Gasteiger partial charge < -0.3 is 0 Å². The molecule has 7 aromatic carbocycles. The molecular weight excluding hydrogens is 703 g/mol. The predicted octanol–water partition coefficient (Wildman–Crippen LogP) is 11.5. The first-order valence-corrected chi connectivity index (χ1v) is 20.1. The normalized spacial score (nSPS) is 17.8. The highest BCUT2D eigenvalue weighted by Gasteiger charge is 2.54. The highest BCUT2D eigenvalue weighted by molar-refractivity contribution is 6.02. The van der Waals surface area contributed by atoms with Crippen LogP contribution in [-0.2, 0) is 5.41 Å². The lowest BCUT2D eigenvalue weighted by Gasteiger charge is -2.34. The maximum Gasteiger partial charge on any atom is 0.164 e. The van der Waals surface area contributed by atoms with Crippen LogP contribution in [0.2, 0.25) is 0 Å². The molecular formula is C55H39N3. The summed E-state index contributed by atoms with van der Waals surface area (Å²) in [4.78, 5) is 15.3. The first-order chi connectivity index (χ1) is 28.6. The molecule has 1 unspecified atom stereocenters. The van der Waals surface area contributed by atoms with Crippen molar-refractivity contribution in [2.24, 2.45) is 5.92 Å². The summed E-state index contributed by atoms with van der Waals surface area (Å²) in [5.74, 6) is 2.11. The number of hydrogen-bond donors (Lipinski definition) is 0. The van der Waals surface area contributed by atoms with Crippen molar-refractivity contribution in [1.82, 2.24) is 15.0 Å². The van der Waals surface area contributed by atoms with Crippen molar-refractivity contribution < 1.29 is 0 Å². The van der Waals surface area contributed by atoms with Crippen LogP contribution in [0.3, 0.4) is 0 Å². The van der Waals surface area contributed by atoms with Crippen molar-refractivity contribution in [1.29, 1.82) is 0 Å². The van der Waals surface area contributed by atoms with Crippen LogP contribution < -0.4 is 10.4 Å². The second-order valence-electron chi connectivity index (χ2n) is 15.5. The van der Waals surface area contributed by atoms with Gasteiger partial charge in [-0.05, 0) is 84.3 Å². The van der Waals surface area contributed by atoms with E-state index < -0.39 is 5.41 Å². The molecule has 11 rings (SSSR count). The Hall–Kier alpha value is -7.23. The Kier molecular flexibility index (Phi) is 7.90. The molecule has 1 atom stereocenters. The second kappa shape index (κ2) is 13.5. The highest BCUT2D eigenvalue weighted by Crippen LogP contribution is 2.64. The number of rotatable bonds is 4. The van der Waals surface area contributed by atoms with E-state index in [1.54, 1.807) is 0 Å². The largest absolute Gasteiger partial charge is 0.208 e. The fourth-order valence-electron chi connectivity index (χ4n) is 9.76. The third kappa shape index (κ3) is 5.10. The van der Waals surface area contributed by atoms with E-state index in [0.717, 1.165) is 27.5 Å². The number of hydrogen-bond acceptors (Lipinski definition) is 3. The van der Waals surface area contributed by atoms with Crippen molar-refractivity contribution in [3.63, 3.8) is 0 Å². The quantitative estimate of drug-likeness (QED) is 0.180. The summed E-state index contributed by atoms with van der Waals surface area (Å²) >= 11 is 0. The van der Waals surface area contributed by atoms with Crippen molar-refractivity contribution >= 4 is 28.5 Å². The maximum atomic E-state index is 5.18. The van der Waals surface area contributed by atoms with Gasteiger partial charge in [-0.3, -0.25) is 0 Å². The lowest BCUT2D eigenvalue weighted by Crippen LogP contribution is -2.32. The number of allylic oxidation sites excluding steroid dienone is 6. The summed E-state index contributed by atoms with van der Waals surface area (Å²) in [5, 5.41) is 4.64. The Balaban J connectivity index is 1.13. The molecule has 0 amide bonds. The van der Waals surface area contributed by atoms with Crippen LogP contribution in [0.25, 0.3) is 73.8 Å². The molecule has 3 nitrogen and oxygen atoms in total. The zero-order valence-corrected chi connectivity index (χ0v) is 32.4. The first kappa shape index (κ1) is 34.1. The molecule has 3 aliphatic rings. The molecule has 0 saturated heterocycles. The summed E-state index contributed by atoms with van der Waals surface area (Å²) in [6, 6.07) is 58.8. The molecule has 0 fully saturated rings. The van der Waals surface area contributed by atoms with Gasteiger partial charge in [0.05, 0.1) is 5.41 Å². The smallest absolute Gasteiger partial charge is 0.164 e. The van der Waals surface area contributed by atoms with Gasteiger partial charge in [-0.2, -0.15) is 0 Å². The molecule has 1 heterocycles. The van der Waals surface area contributed by atoms with Gasteiger partial charge in [-0.15, -0.1) is 0 Å². The molecule has 58 heavy (non-hydrogen) atoms. The van der Waals surface area contributed by atoms with Crippen molar-refractivity contribution in [2.75, 3.05) is 0 Å². The Morgan fingerprint density at radius 1 is 0.517 bits per heavy atom. The molecule has 1 aromatic heterocycles. The molecule has 0 bridgehead atoms. The average Bonchev–Trinajstić information content (AvgIpc) is 3.74. The molecule has 3 heteroatoms. The zero-order valence-electron chi connectivity index (χ0n) is 32.4. The summed E-state index contributed by atoms with van der Waals surface area (Å²) in [6.45, 7) is 4.44. The van der Waals surface area contributed by atoms with Gasteiger partial charge in [0, 0.05) is 22.6 Å². The van der Waals surface area contributed by atoms with Gasteiger partial charge in [-0.25, -0.2) is 15.0 Å². The van der Waals surface area contributed by atoms with Gasteiger partial charge in [0.1, 0.15) is 0 Å². The Bertz CT molecular complexity index is 3150. The van der Waals surface area contributed by atoms with Crippen molar-refractivity contribution in [3.05, 3.63) is 226 Å². The minimum absolute atomic E-state index is 0.127. The third-order valence-corrected chi connectivity index (χ3v) is 12.2. The monoisotopic (exact) mass is 741 g/mol. The van der Waals surface area contributed by atoms with Crippen LogP contribution in [0.1, 0.15) is 36.1 Å². The summed E-state index contributed by atoms with van der Waals surface area (Å²) in [5.41, 5.74) is 14.4. The molecule has 274 valence electrons. The van der Waals surface area contributed by atoms with Gasteiger partial charge in [0.15, 0.2) is 17.5 Å². The number of aromatic nitrogens is 3. The minimum Gasteiger partial charge on any atom is -0.208 e. The van der Waals surface area contributed by atoms with E-state index >= 15 is 0 Å². The second-order valence-corrected chi connectivity index (χ2v) is 15.5. The Morgan fingerprint density at radius 2 is 1.10 bits per heavy atom. The first-order valence-electron chi connectivity index (χ1n) is 20.1. The van der Waals surface area contributed by atoms with E-state index in [9.17, 15) is 0 Å². The van der Waals surface area contributed by atoms with Crippen LogP contribution in [0.15, 0.2) is 193 Å². The third-order valence-electron chi connectivity index (χ3n) is 12.2. The Labute approximate surface area is 338 Å². The van der Waals surface area contributed by atoms with E-state index in [1.165, 1.54) is 60.5 Å². The fraction of sp³-hybridized carbons (Fsp3) is 0.0727. The van der Waals surface area contributed by atoms with Gasteiger partial charge in [0.25, 0.3) is 0 Å².